The van der Waals surface area contributed by atoms with Gasteiger partial charge in [0.2, 0.25) is 0 Å². The van der Waals surface area contributed by atoms with Crippen molar-refractivity contribution in [3.8, 4) is 5.75 Å². The third kappa shape index (κ3) is 3.09. The number of rotatable bonds is 2. The van der Waals surface area contributed by atoms with Gasteiger partial charge >= 0.3 is 5.97 Å². The van der Waals surface area contributed by atoms with E-state index in [9.17, 15) is 4.79 Å². The van der Waals surface area contributed by atoms with Crippen molar-refractivity contribution in [2.24, 2.45) is 0 Å². The van der Waals surface area contributed by atoms with Gasteiger partial charge < -0.3 is 14.2 Å². The van der Waals surface area contributed by atoms with Gasteiger partial charge in [-0.05, 0) is 23.1 Å². The Morgan fingerprint density at radius 2 is 1.94 bits per heavy atom. The van der Waals surface area contributed by atoms with E-state index in [-0.39, 0.29) is 18.8 Å². The molecule has 1 aliphatic heterocycles. The summed E-state index contributed by atoms with van der Waals surface area (Å²) in [5.41, 5.74) is 1.29. The lowest BCUT2D eigenvalue weighted by Crippen LogP contribution is -2.27. The van der Waals surface area contributed by atoms with Gasteiger partial charge in [0.25, 0.3) is 0 Å². The Hall–Kier alpha value is -1.39. The van der Waals surface area contributed by atoms with E-state index in [1.807, 2.05) is 12.1 Å². The van der Waals surface area contributed by atoms with Crippen LogP contribution in [0.5, 0.6) is 5.75 Å². The van der Waals surface area contributed by atoms with Crippen LogP contribution in [0.2, 0.25) is 0 Å². The van der Waals surface area contributed by atoms with Gasteiger partial charge in [-0.2, -0.15) is 0 Å². The lowest BCUT2D eigenvalue weighted by atomic mass is 9.87. The van der Waals surface area contributed by atoms with Crippen LogP contribution in [0.4, 0.5) is 0 Å². The minimum Gasteiger partial charge on any atom is -0.425 e. The first-order chi connectivity index (χ1) is 8.47. The zero-order chi connectivity index (χ0) is 13.2. The van der Waals surface area contributed by atoms with E-state index in [4.69, 9.17) is 14.2 Å². The number of esters is 1. The predicted molar refractivity (Wildman–Crippen MR) is 66.5 cm³/mol. The molecule has 4 nitrogen and oxygen atoms in total. The van der Waals surface area contributed by atoms with Gasteiger partial charge in [0.15, 0.2) is 6.10 Å². The van der Waals surface area contributed by atoms with E-state index < -0.39 is 12.1 Å². The van der Waals surface area contributed by atoms with Gasteiger partial charge in [0.1, 0.15) is 12.5 Å². The van der Waals surface area contributed by atoms with Crippen LogP contribution in [-0.4, -0.2) is 25.5 Å². The molecule has 0 aliphatic carbocycles. The number of ether oxygens (including phenoxy) is 3. The summed E-state index contributed by atoms with van der Waals surface area (Å²) < 4.78 is 15.2. The zero-order valence-electron chi connectivity index (χ0n) is 10.9. The van der Waals surface area contributed by atoms with Crippen LogP contribution in [0, 0.1) is 0 Å². The maximum atomic E-state index is 11.7. The van der Waals surface area contributed by atoms with Crippen molar-refractivity contribution in [3.63, 3.8) is 0 Å². The van der Waals surface area contributed by atoms with E-state index >= 15 is 0 Å². The monoisotopic (exact) mass is 250 g/mol. The van der Waals surface area contributed by atoms with Crippen LogP contribution in [-0.2, 0) is 19.7 Å². The Balaban J connectivity index is 2.00. The molecule has 0 saturated carbocycles. The fraction of sp³-hybridized carbons (Fsp3) is 0.500. The second-order valence-electron chi connectivity index (χ2n) is 5.34. The number of hydrogen-bond acceptors (Lipinski definition) is 4. The topological polar surface area (TPSA) is 44.8 Å². The van der Waals surface area contributed by atoms with Crippen LogP contribution in [0.1, 0.15) is 26.3 Å². The van der Waals surface area contributed by atoms with Gasteiger partial charge in [-0.15, -0.1) is 0 Å². The first-order valence-corrected chi connectivity index (χ1v) is 5.98. The van der Waals surface area contributed by atoms with Crippen LogP contribution in [0.25, 0.3) is 0 Å². The molecule has 4 heteroatoms. The lowest BCUT2D eigenvalue weighted by molar-refractivity contribution is -0.143. The molecule has 0 radical (unpaired) electrons. The molecule has 1 unspecified atom stereocenters. The molecule has 0 amide bonds. The van der Waals surface area contributed by atoms with Crippen molar-refractivity contribution >= 4 is 5.97 Å². The lowest BCUT2D eigenvalue weighted by Gasteiger charge is -2.19. The average molecular weight is 250 g/mol. The Morgan fingerprint density at radius 3 is 2.44 bits per heavy atom. The SMILES string of the molecule is CC(C)(C)c1ccc(OC(=O)C2COCO2)cc1. The minimum atomic E-state index is -0.604. The Bertz CT molecular complexity index is 410. The summed E-state index contributed by atoms with van der Waals surface area (Å²) in [4.78, 5) is 11.7. The fourth-order valence-corrected chi connectivity index (χ4v) is 1.67. The van der Waals surface area contributed by atoms with Gasteiger partial charge in [-0.25, -0.2) is 4.79 Å². The van der Waals surface area contributed by atoms with Crippen LogP contribution in [0.3, 0.4) is 0 Å². The second-order valence-corrected chi connectivity index (χ2v) is 5.34. The molecule has 98 valence electrons. The zero-order valence-corrected chi connectivity index (χ0v) is 10.9. The molecule has 0 spiro atoms. The number of benzene rings is 1. The summed E-state index contributed by atoms with van der Waals surface area (Å²) in [5.74, 6) is 0.125. The quantitative estimate of drug-likeness (QED) is 0.596. The molecule has 1 saturated heterocycles. The van der Waals surface area contributed by atoms with Crippen molar-refractivity contribution < 1.29 is 19.0 Å². The standard InChI is InChI=1S/C14H18O4/c1-14(2,3)10-4-6-11(7-5-10)18-13(15)12-8-16-9-17-12/h4-7,12H,8-9H2,1-3H3. The van der Waals surface area contributed by atoms with Crippen molar-refractivity contribution in [1.82, 2.24) is 0 Å². The molecule has 1 atom stereocenters. The van der Waals surface area contributed by atoms with Crippen molar-refractivity contribution in [1.29, 1.82) is 0 Å². The van der Waals surface area contributed by atoms with Crippen molar-refractivity contribution in [2.75, 3.05) is 13.4 Å². The first kappa shape index (κ1) is 13.1. The van der Waals surface area contributed by atoms with Crippen molar-refractivity contribution in [3.05, 3.63) is 29.8 Å². The normalized spacial score (nSPS) is 19.8. The highest BCUT2D eigenvalue weighted by atomic mass is 16.7. The molecular formula is C14H18O4. The third-order valence-electron chi connectivity index (χ3n) is 2.82. The molecule has 0 aromatic heterocycles. The maximum absolute atomic E-state index is 11.7. The summed E-state index contributed by atoms with van der Waals surface area (Å²) in [7, 11) is 0. The predicted octanol–water partition coefficient (Wildman–Crippen LogP) is 2.26. The van der Waals surface area contributed by atoms with Crippen LogP contribution >= 0.6 is 0 Å². The largest absolute Gasteiger partial charge is 0.425 e. The minimum absolute atomic E-state index is 0.0882. The molecule has 18 heavy (non-hydrogen) atoms. The van der Waals surface area contributed by atoms with E-state index in [2.05, 4.69) is 20.8 Å². The summed E-state index contributed by atoms with van der Waals surface area (Å²) in [6, 6.07) is 7.53. The first-order valence-electron chi connectivity index (χ1n) is 5.98. The van der Waals surface area contributed by atoms with Crippen molar-refractivity contribution in [2.45, 2.75) is 32.3 Å². The Kier molecular flexibility index (Phi) is 3.68. The number of carbonyl (C=O) groups excluding carboxylic acids is 1. The molecule has 0 bridgehead atoms. The molecule has 2 rings (SSSR count). The Labute approximate surface area is 107 Å². The molecule has 1 fully saturated rings. The van der Waals surface area contributed by atoms with E-state index in [0.717, 1.165) is 0 Å². The van der Waals surface area contributed by atoms with E-state index in [1.165, 1.54) is 5.56 Å². The average Bonchev–Trinajstić information content (AvgIpc) is 2.82. The smallest absolute Gasteiger partial charge is 0.343 e. The molecule has 0 N–H and O–H groups in total. The van der Waals surface area contributed by atoms with E-state index in [1.54, 1.807) is 12.1 Å². The van der Waals surface area contributed by atoms with Gasteiger partial charge in [0.05, 0.1) is 6.61 Å². The highest BCUT2D eigenvalue weighted by Crippen LogP contribution is 2.24. The van der Waals surface area contributed by atoms with E-state index in [0.29, 0.717) is 5.75 Å². The number of carbonyl (C=O) groups is 1. The van der Waals surface area contributed by atoms with Gasteiger partial charge in [0, 0.05) is 0 Å². The highest BCUT2D eigenvalue weighted by molar-refractivity contribution is 5.77. The maximum Gasteiger partial charge on any atom is 0.343 e. The third-order valence-corrected chi connectivity index (χ3v) is 2.82. The molecule has 1 aliphatic rings. The highest BCUT2D eigenvalue weighted by Gasteiger charge is 2.26. The summed E-state index contributed by atoms with van der Waals surface area (Å²) in [6.45, 7) is 6.83. The molecule has 1 aromatic rings. The molecular weight excluding hydrogens is 232 g/mol. The Morgan fingerprint density at radius 1 is 1.28 bits per heavy atom. The van der Waals surface area contributed by atoms with Crippen LogP contribution in [0.15, 0.2) is 24.3 Å². The second kappa shape index (κ2) is 5.08. The summed E-state index contributed by atoms with van der Waals surface area (Å²) in [6.07, 6.45) is -0.604. The van der Waals surface area contributed by atoms with Gasteiger partial charge in [-0.3, -0.25) is 0 Å². The molecule has 1 heterocycles. The summed E-state index contributed by atoms with van der Waals surface area (Å²) in [5, 5.41) is 0. The summed E-state index contributed by atoms with van der Waals surface area (Å²) >= 11 is 0. The number of hydrogen-bond donors (Lipinski definition) is 0. The fourth-order valence-electron chi connectivity index (χ4n) is 1.67. The molecule has 1 aromatic carbocycles. The van der Waals surface area contributed by atoms with Crippen LogP contribution < -0.4 is 4.74 Å². The van der Waals surface area contributed by atoms with Gasteiger partial charge in [-0.1, -0.05) is 32.9 Å².